The molecule has 0 aliphatic heterocycles. The van der Waals surface area contributed by atoms with Gasteiger partial charge in [-0.05, 0) is 31.2 Å². The van der Waals surface area contributed by atoms with Gasteiger partial charge in [-0.25, -0.2) is 4.98 Å². The SMILES string of the molecule is CCc1nccn1C1CC(C)CCC1CN. The van der Waals surface area contributed by atoms with Crippen LogP contribution in [0.15, 0.2) is 12.4 Å². The summed E-state index contributed by atoms with van der Waals surface area (Å²) in [7, 11) is 0. The number of aryl methyl sites for hydroxylation is 1. The highest BCUT2D eigenvalue weighted by atomic mass is 15.1. The van der Waals surface area contributed by atoms with Crippen LogP contribution in [-0.2, 0) is 6.42 Å². The summed E-state index contributed by atoms with van der Waals surface area (Å²) in [6, 6.07) is 0.575. The molecule has 1 heterocycles. The van der Waals surface area contributed by atoms with E-state index in [-0.39, 0.29) is 0 Å². The topological polar surface area (TPSA) is 43.8 Å². The molecule has 1 fully saturated rings. The van der Waals surface area contributed by atoms with Gasteiger partial charge in [-0.15, -0.1) is 0 Å². The van der Waals surface area contributed by atoms with Gasteiger partial charge in [0.15, 0.2) is 0 Å². The minimum atomic E-state index is 0.575. The van der Waals surface area contributed by atoms with Crippen LogP contribution in [0.25, 0.3) is 0 Å². The molecule has 0 saturated heterocycles. The Bertz CT molecular complexity index is 332. The predicted molar refractivity (Wildman–Crippen MR) is 66.2 cm³/mol. The molecule has 0 bridgehead atoms. The predicted octanol–water partition coefficient (Wildman–Crippen LogP) is 2.38. The van der Waals surface area contributed by atoms with Crippen LogP contribution < -0.4 is 5.73 Å². The van der Waals surface area contributed by atoms with Gasteiger partial charge in [0, 0.05) is 24.9 Å². The maximum Gasteiger partial charge on any atom is 0.108 e. The van der Waals surface area contributed by atoms with E-state index < -0.39 is 0 Å². The molecule has 3 nitrogen and oxygen atoms in total. The van der Waals surface area contributed by atoms with Gasteiger partial charge in [0.05, 0.1) is 0 Å². The zero-order valence-corrected chi connectivity index (χ0v) is 10.4. The van der Waals surface area contributed by atoms with Gasteiger partial charge in [-0.2, -0.15) is 0 Å². The van der Waals surface area contributed by atoms with Gasteiger partial charge in [0.1, 0.15) is 5.82 Å². The van der Waals surface area contributed by atoms with Gasteiger partial charge in [-0.1, -0.05) is 20.3 Å². The summed E-state index contributed by atoms with van der Waals surface area (Å²) in [5, 5.41) is 0. The molecule has 1 aromatic heterocycles. The molecular formula is C13H23N3. The number of hydrogen-bond donors (Lipinski definition) is 1. The molecule has 1 aliphatic rings. The Hall–Kier alpha value is -0.830. The Morgan fingerprint density at radius 3 is 3.00 bits per heavy atom. The standard InChI is InChI=1S/C13H23N3/c1-3-13-15-6-7-16(13)12-8-10(2)4-5-11(12)9-14/h6-7,10-12H,3-5,8-9,14H2,1-2H3. The van der Waals surface area contributed by atoms with Crippen molar-refractivity contribution in [3.05, 3.63) is 18.2 Å². The van der Waals surface area contributed by atoms with E-state index in [1.807, 2.05) is 6.20 Å². The monoisotopic (exact) mass is 221 g/mol. The third-order valence-corrected chi connectivity index (χ3v) is 3.94. The van der Waals surface area contributed by atoms with Crippen molar-refractivity contribution in [3.8, 4) is 0 Å². The van der Waals surface area contributed by atoms with E-state index in [0.29, 0.717) is 12.0 Å². The van der Waals surface area contributed by atoms with E-state index in [9.17, 15) is 0 Å². The van der Waals surface area contributed by atoms with Crippen molar-refractivity contribution in [3.63, 3.8) is 0 Å². The molecule has 2 rings (SSSR count). The zero-order valence-electron chi connectivity index (χ0n) is 10.4. The molecule has 3 heteroatoms. The van der Waals surface area contributed by atoms with Gasteiger partial charge < -0.3 is 10.3 Å². The molecule has 2 N–H and O–H groups in total. The lowest BCUT2D eigenvalue weighted by Gasteiger charge is -2.35. The van der Waals surface area contributed by atoms with Crippen LogP contribution in [0.2, 0.25) is 0 Å². The second-order valence-electron chi connectivity index (χ2n) is 5.09. The number of hydrogen-bond acceptors (Lipinski definition) is 2. The van der Waals surface area contributed by atoms with Crippen molar-refractivity contribution in [2.75, 3.05) is 6.54 Å². The lowest BCUT2D eigenvalue weighted by Crippen LogP contribution is -2.32. The molecule has 1 aliphatic carbocycles. The first-order valence-corrected chi connectivity index (χ1v) is 6.48. The quantitative estimate of drug-likeness (QED) is 0.851. The van der Waals surface area contributed by atoms with Gasteiger partial charge >= 0.3 is 0 Å². The lowest BCUT2D eigenvalue weighted by atomic mass is 9.79. The molecular weight excluding hydrogens is 198 g/mol. The van der Waals surface area contributed by atoms with Crippen molar-refractivity contribution in [2.45, 2.75) is 45.6 Å². The first-order chi connectivity index (χ1) is 7.76. The number of nitrogens with zero attached hydrogens (tertiary/aromatic N) is 2. The fourth-order valence-corrected chi connectivity index (χ4v) is 2.95. The minimum Gasteiger partial charge on any atom is -0.332 e. The first-order valence-electron chi connectivity index (χ1n) is 6.48. The summed E-state index contributed by atoms with van der Waals surface area (Å²) in [6.07, 6.45) is 8.91. The van der Waals surface area contributed by atoms with E-state index in [4.69, 9.17) is 5.73 Å². The van der Waals surface area contributed by atoms with Crippen LogP contribution in [0.4, 0.5) is 0 Å². The van der Waals surface area contributed by atoms with E-state index in [1.54, 1.807) is 0 Å². The van der Waals surface area contributed by atoms with Crippen LogP contribution in [-0.4, -0.2) is 16.1 Å². The largest absolute Gasteiger partial charge is 0.332 e. The number of rotatable bonds is 3. The van der Waals surface area contributed by atoms with Crippen molar-refractivity contribution in [1.29, 1.82) is 0 Å². The van der Waals surface area contributed by atoms with E-state index in [1.165, 1.54) is 25.1 Å². The van der Waals surface area contributed by atoms with Crippen molar-refractivity contribution in [1.82, 2.24) is 9.55 Å². The van der Waals surface area contributed by atoms with Crippen LogP contribution in [0.1, 0.15) is 45.0 Å². The molecule has 3 atom stereocenters. The van der Waals surface area contributed by atoms with Crippen molar-refractivity contribution >= 4 is 0 Å². The summed E-state index contributed by atoms with van der Waals surface area (Å²) in [5.41, 5.74) is 5.90. The van der Waals surface area contributed by atoms with Crippen molar-refractivity contribution in [2.24, 2.45) is 17.6 Å². The Morgan fingerprint density at radius 2 is 2.31 bits per heavy atom. The highest BCUT2D eigenvalue weighted by Crippen LogP contribution is 2.37. The number of aromatic nitrogens is 2. The van der Waals surface area contributed by atoms with Crippen molar-refractivity contribution < 1.29 is 0 Å². The molecule has 0 amide bonds. The highest BCUT2D eigenvalue weighted by Gasteiger charge is 2.29. The first kappa shape index (κ1) is 11.6. The van der Waals surface area contributed by atoms with Crippen LogP contribution in [0, 0.1) is 11.8 Å². The second-order valence-corrected chi connectivity index (χ2v) is 5.09. The molecule has 3 unspecified atom stereocenters. The fourth-order valence-electron chi connectivity index (χ4n) is 2.95. The molecule has 1 saturated carbocycles. The molecule has 90 valence electrons. The van der Waals surface area contributed by atoms with E-state index in [2.05, 4.69) is 29.6 Å². The second kappa shape index (κ2) is 5.00. The lowest BCUT2D eigenvalue weighted by molar-refractivity contribution is 0.194. The van der Waals surface area contributed by atoms with E-state index >= 15 is 0 Å². The maximum atomic E-state index is 5.90. The Balaban J connectivity index is 2.22. The molecule has 0 aromatic carbocycles. The summed E-state index contributed by atoms with van der Waals surface area (Å²) in [5.74, 6) is 2.66. The third kappa shape index (κ3) is 2.14. The normalized spacial score (nSPS) is 30.6. The Labute approximate surface area is 98.1 Å². The van der Waals surface area contributed by atoms with Gasteiger partial charge in [0.2, 0.25) is 0 Å². The maximum absolute atomic E-state index is 5.90. The molecule has 0 radical (unpaired) electrons. The number of nitrogens with two attached hydrogens (primary N) is 1. The minimum absolute atomic E-state index is 0.575. The van der Waals surface area contributed by atoms with Gasteiger partial charge in [-0.3, -0.25) is 0 Å². The third-order valence-electron chi connectivity index (χ3n) is 3.94. The average Bonchev–Trinajstić information content (AvgIpc) is 2.76. The molecule has 0 spiro atoms. The van der Waals surface area contributed by atoms with Gasteiger partial charge in [0.25, 0.3) is 0 Å². The molecule has 16 heavy (non-hydrogen) atoms. The highest BCUT2D eigenvalue weighted by molar-refractivity contribution is 4.98. The Morgan fingerprint density at radius 1 is 1.50 bits per heavy atom. The number of imidazole rings is 1. The summed E-state index contributed by atoms with van der Waals surface area (Å²) >= 11 is 0. The average molecular weight is 221 g/mol. The van der Waals surface area contributed by atoms with Crippen LogP contribution in [0.3, 0.4) is 0 Å². The summed E-state index contributed by atoms with van der Waals surface area (Å²) in [4.78, 5) is 4.43. The smallest absolute Gasteiger partial charge is 0.108 e. The van der Waals surface area contributed by atoms with Crippen LogP contribution in [0.5, 0.6) is 0 Å². The molecule has 1 aromatic rings. The summed E-state index contributed by atoms with van der Waals surface area (Å²) < 4.78 is 2.37. The van der Waals surface area contributed by atoms with E-state index in [0.717, 1.165) is 18.9 Å². The van der Waals surface area contributed by atoms with Crippen LogP contribution >= 0.6 is 0 Å². The Kier molecular flexibility index (Phi) is 3.64. The fraction of sp³-hybridized carbons (Fsp3) is 0.769. The summed E-state index contributed by atoms with van der Waals surface area (Å²) in [6.45, 7) is 5.32. The zero-order chi connectivity index (χ0) is 11.5.